The minimum atomic E-state index is 0. The Balaban J connectivity index is 0.00000225. The fourth-order valence-corrected chi connectivity index (χ4v) is 4.26. The molecule has 1 aliphatic rings. The third kappa shape index (κ3) is 4.22. The van der Waals surface area contributed by atoms with Crippen LogP contribution in [0.1, 0.15) is 48.8 Å². The van der Waals surface area contributed by atoms with Crippen LogP contribution in [0.4, 0.5) is 0 Å². The Hall–Kier alpha value is -1.95. The van der Waals surface area contributed by atoms with Crippen LogP contribution in [-0.2, 0) is 20.0 Å². The number of rotatable bonds is 7. The molecule has 4 rings (SSSR count). The average molecular weight is 400 g/mol. The predicted molar refractivity (Wildman–Crippen MR) is 117 cm³/mol. The van der Waals surface area contributed by atoms with Crippen molar-refractivity contribution in [3.05, 3.63) is 59.7 Å². The highest BCUT2D eigenvalue weighted by molar-refractivity contribution is 5.85. The number of imidazole rings is 1. The summed E-state index contributed by atoms with van der Waals surface area (Å²) in [5.74, 6) is 1.12. The van der Waals surface area contributed by atoms with Gasteiger partial charge in [0.25, 0.3) is 0 Å². The van der Waals surface area contributed by atoms with E-state index in [1.165, 1.54) is 23.2 Å². The van der Waals surface area contributed by atoms with E-state index >= 15 is 0 Å². The van der Waals surface area contributed by atoms with Gasteiger partial charge in [-0.3, -0.25) is 9.88 Å². The number of benzene rings is 1. The number of nitrogens with zero attached hydrogens (tertiary/aromatic N) is 4. The molecule has 2 heterocycles. The molecular formula is C22H30ClN5. The summed E-state index contributed by atoms with van der Waals surface area (Å²) in [4.78, 5) is 12.2. The van der Waals surface area contributed by atoms with Crippen LogP contribution in [-0.4, -0.2) is 32.5 Å². The lowest BCUT2D eigenvalue weighted by atomic mass is 9.90. The fourth-order valence-electron chi connectivity index (χ4n) is 4.26. The minimum absolute atomic E-state index is 0. The summed E-state index contributed by atoms with van der Waals surface area (Å²) >= 11 is 0. The van der Waals surface area contributed by atoms with Crippen molar-refractivity contribution < 1.29 is 0 Å². The molecule has 0 aliphatic heterocycles. The Morgan fingerprint density at radius 3 is 2.86 bits per heavy atom. The Bertz CT molecular complexity index is 907. The third-order valence-corrected chi connectivity index (χ3v) is 5.73. The van der Waals surface area contributed by atoms with E-state index in [1.54, 1.807) is 0 Å². The van der Waals surface area contributed by atoms with Gasteiger partial charge >= 0.3 is 0 Å². The molecule has 2 N–H and O–H groups in total. The topological polar surface area (TPSA) is 60.0 Å². The number of pyridine rings is 1. The lowest BCUT2D eigenvalue weighted by molar-refractivity contribution is 0.158. The summed E-state index contributed by atoms with van der Waals surface area (Å²) < 4.78 is 2.23. The largest absolute Gasteiger partial charge is 0.330 e. The van der Waals surface area contributed by atoms with E-state index in [0.29, 0.717) is 6.04 Å². The molecule has 1 atom stereocenters. The summed E-state index contributed by atoms with van der Waals surface area (Å²) in [6.45, 7) is 2.62. The number of halogens is 1. The first-order valence-electron chi connectivity index (χ1n) is 10.1. The van der Waals surface area contributed by atoms with Crippen LogP contribution in [0.3, 0.4) is 0 Å². The number of hydrogen-bond donors (Lipinski definition) is 1. The number of nitrogens with two attached hydrogens (primary N) is 1. The summed E-state index contributed by atoms with van der Waals surface area (Å²) in [6, 6.07) is 13.0. The van der Waals surface area contributed by atoms with Crippen molar-refractivity contribution in [1.29, 1.82) is 0 Å². The molecule has 1 aliphatic carbocycles. The van der Waals surface area contributed by atoms with Gasteiger partial charge in [0.05, 0.1) is 29.3 Å². The fraction of sp³-hybridized carbons (Fsp3) is 0.455. The van der Waals surface area contributed by atoms with Crippen molar-refractivity contribution in [3.63, 3.8) is 0 Å². The van der Waals surface area contributed by atoms with Crippen molar-refractivity contribution in [2.45, 2.75) is 44.7 Å². The van der Waals surface area contributed by atoms with Crippen molar-refractivity contribution in [2.75, 3.05) is 13.1 Å². The van der Waals surface area contributed by atoms with Crippen molar-refractivity contribution in [2.24, 2.45) is 12.8 Å². The average Bonchev–Trinajstić information content (AvgIpc) is 3.03. The molecule has 0 fully saturated rings. The summed E-state index contributed by atoms with van der Waals surface area (Å²) in [6.07, 6.45) is 7.63. The van der Waals surface area contributed by atoms with Gasteiger partial charge in [0.1, 0.15) is 5.82 Å². The van der Waals surface area contributed by atoms with E-state index in [2.05, 4.69) is 52.9 Å². The van der Waals surface area contributed by atoms with Gasteiger partial charge in [0.15, 0.2) is 0 Å². The van der Waals surface area contributed by atoms with Crippen LogP contribution in [0.25, 0.3) is 11.0 Å². The second kappa shape index (κ2) is 9.50. The highest BCUT2D eigenvalue weighted by Crippen LogP contribution is 2.34. The molecule has 0 saturated heterocycles. The monoisotopic (exact) mass is 399 g/mol. The van der Waals surface area contributed by atoms with E-state index < -0.39 is 0 Å². The van der Waals surface area contributed by atoms with E-state index in [9.17, 15) is 0 Å². The first-order valence-corrected chi connectivity index (χ1v) is 10.1. The second-order valence-electron chi connectivity index (χ2n) is 7.50. The van der Waals surface area contributed by atoms with E-state index in [1.807, 2.05) is 6.20 Å². The Morgan fingerprint density at radius 1 is 1.18 bits per heavy atom. The minimum Gasteiger partial charge on any atom is -0.330 e. The molecule has 0 saturated carbocycles. The molecule has 0 radical (unpaired) electrons. The van der Waals surface area contributed by atoms with Gasteiger partial charge in [0.2, 0.25) is 0 Å². The SMILES string of the molecule is Cl.Cn1c(CN(CCCCN)C2CCCc3cccnc32)nc2ccccc21. The number of fused-ring (bicyclic) bond motifs is 2. The Kier molecular flexibility index (Phi) is 7.05. The van der Waals surface area contributed by atoms with Crippen LogP contribution < -0.4 is 5.73 Å². The summed E-state index contributed by atoms with van der Waals surface area (Å²) in [5, 5.41) is 0. The van der Waals surface area contributed by atoms with Gasteiger partial charge in [-0.15, -0.1) is 12.4 Å². The van der Waals surface area contributed by atoms with E-state index in [0.717, 1.165) is 56.7 Å². The standard InChI is InChI=1S/C22H29N5.ClH/c1-26-19-11-3-2-10-18(19)25-21(26)16-27(15-5-4-13-23)20-12-6-8-17-9-7-14-24-22(17)20;/h2-3,7,9-11,14,20H,4-6,8,12-13,15-16,23H2,1H3;1H. The quantitative estimate of drug-likeness (QED) is 0.610. The molecule has 2 aromatic heterocycles. The molecule has 5 nitrogen and oxygen atoms in total. The molecule has 150 valence electrons. The maximum Gasteiger partial charge on any atom is 0.123 e. The molecule has 0 amide bonds. The van der Waals surface area contributed by atoms with E-state index in [-0.39, 0.29) is 12.4 Å². The molecule has 1 unspecified atom stereocenters. The molecule has 0 bridgehead atoms. The van der Waals surface area contributed by atoms with Crippen molar-refractivity contribution in [3.8, 4) is 0 Å². The number of aromatic nitrogens is 3. The summed E-state index contributed by atoms with van der Waals surface area (Å²) in [5.41, 5.74) is 10.7. The molecule has 3 aromatic rings. The van der Waals surface area contributed by atoms with Gasteiger partial charge in [0, 0.05) is 13.2 Å². The predicted octanol–water partition coefficient (Wildman–Crippen LogP) is 4.01. The number of unbranched alkanes of at least 4 members (excludes halogenated alkanes) is 1. The van der Waals surface area contributed by atoms with E-state index in [4.69, 9.17) is 15.7 Å². The van der Waals surface area contributed by atoms with Crippen molar-refractivity contribution in [1.82, 2.24) is 19.4 Å². The van der Waals surface area contributed by atoms with Gasteiger partial charge in [-0.2, -0.15) is 0 Å². The Labute approximate surface area is 173 Å². The second-order valence-corrected chi connectivity index (χ2v) is 7.50. The number of para-hydroxylation sites is 2. The zero-order valence-electron chi connectivity index (χ0n) is 16.6. The van der Waals surface area contributed by atoms with Gasteiger partial charge in [-0.25, -0.2) is 4.98 Å². The van der Waals surface area contributed by atoms with Gasteiger partial charge in [-0.1, -0.05) is 18.2 Å². The number of aryl methyl sites for hydroxylation is 2. The molecular weight excluding hydrogens is 370 g/mol. The Morgan fingerprint density at radius 2 is 2.04 bits per heavy atom. The molecule has 0 spiro atoms. The molecule has 6 heteroatoms. The molecule has 1 aromatic carbocycles. The molecule has 28 heavy (non-hydrogen) atoms. The maximum atomic E-state index is 5.75. The highest BCUT2D eigenvalue weighted by atomic mass is 35.5. The lowest BCUT2D eigenvalue weighted by Gasteiger charge is -2.35. The highest BCUT2D eigenvalue weighted by Gasteiger charge is 2.28. The van der Waals surface area contributed by atoms with Crippen LogP contribution in [0, 0.1) is 0 Å². The van der Waals surface area contributed by atoms with Crippen molar-refractivity contribution >= 4 is 23.4 Å². The maximum absolute atomic E-state index is 5.75. The number of hydrogen-bond acceptors (Lipinski definition) is 4. The van der Waals surface area contributed by atoms with Crippen LogP contribution in [0.5, 0.6) is 0 Å². The first-order chi connectivity index (χ1) is 13.3. The van der Waals surface area contributed by atoms with Gasteiger partial charge < -0.3 is 10.3 Å². The zero-order valence-corrected chi connectivity index (χ0v) is 17.4. The van der Waals surface area contributed by atoms with Crippen LogP contribution in [0.15, 0.2) is 42.6 Å². The van der Waals surface area contributed by atoms with Crippen LogP contribution >= 0.6 is 12.4 Å². The van der Waals surface area contributed by atoms with Crippen LogP contribution in [0.2, 0.25) is 0 Å². The first kappa shape index (κ1) is 20.8. The lowest BCUT2D eigenvalue weighted by Crippen LogP contribution is -2.33. The van der Waals surface area contributed by atoms with Gasteiger partial charge in [-0.05, 0) is 69.0 Å². The zero-order chi connectivity index (χ0) is 18.6. The third-order valence-electron chi connectivity index (χ3n) is 5.73. The normalized spacial score (nSPS) is 16.2. The summed E-state index contributed by atoms with van der Waals surface area (Å²) in [7, 11) is 2.12. The smallest absolute Gasteiger partial charge is 0.123 e.